The lowest BCUT2D eigenvalue weighted by atomic mass is 10.2. The van der Waals surface area contributed by atoms with Gasteiger partial charge in [0.2, 0.25) is 0 Å². The smallest absolute Gasteiger partial charge is 0.315 e. The second-order valence-corrected chi connectivity index (χ2v) is 5.26. The highest BCUT2D eigenvalue weighted by molar-refractivity contribution is 8.00. The first-order valence-electron chi connectivity index (χ1n) is 5.68. The zero-order valence-electron chi connectivity index (χ0n) is 9.62. The van der Waals surface area contributed by atoms with Crippen LogP contribution in [0.15, 0.2) is 0 Å². The molecule has 0 spiro atoms. The number of methoxy groups -OCH3 is 1. The Kier molecular flexibility index (Phi) is 6.10. The SMILES string of the molecule is CCCNC1CCC(SCC(=O)OC)C1. The van der Waals surface area contributed by atoms with Gasteiger partial charge >= 0.3 is 5.97 Å². The Bertz CT molecular complexity index is 199. The highest BCUT2D eigenvalue weighted by Gasteiger charge is 2.24. The molecule has 0 heterocycles. The van der Waals surface area contributed by atoms with E-state index < -0.39 is 0 Å². The van der Waals surface area contributed by atoms with Gasteiger partial charge in [-0.1, -0.05) is 6.92 Å². The molecule has 1 fully saturated rings. The van der Waals surface area contributed by atoms with Gasteiger partial charge in [0.15, 0.2) is 0 Å². The van der Waals surface area contributed by atoms with Crippen LogP contribution in [0.25, 0.3) is 0 Å². The van der Waals surface area contributed by atoms with Crippen LogP contribution in [-0.2, 0) is 9.53 Å². The molecule has 0 aromatic heterocycles. The summed E-state index contributed by atoms with van der Waals surface area (Å²) >= 11 is 1.74. The van der Waals surface area contributed by atoms with Crippen LogP contribution in [0.4, 0.5) is 0 Å². The van der Waals surface area contributed by atoms with Gasteiger partial charge in [-0.3, -0.25) is 4.79 Å². The van der Waals surface area contributed by atoms with Crippen molar-refractivity contribution in [2.24, 2.45) is 0 Å². The lowest BCUT2D eigenvalue weighted by molar-refractivity contribution is -0.137. The predicted molar refractivity (Wildman–Crippen MR) is 64.2 cm³/mol. The molecule has 2 unspecified atom stereocenters. The lowest BCUT2D eigenvalue weighted by Crippen LogP contribution is -2.27. The van der Waals surface area contributed by atoms with Crippen molar-refractivity contribution in [2.45, 2.75) is 43.9 Å². The summed E-state index contributed by atoms with van der Waals surface area (Å²) in [7, 11) is 1.45. The normalized spacial score (nSPS) is 25.5. The fourth-order valence-electron chi connectivity index (χ4n) is 1.87. The maximum atomic E-state index is 11.0. The van der Waals surface area contributed by atoms with Gasteiger partial charge in [0.1, 0.15) is 0 Å². The van der Waals surface area contributed by atoms with Crippen molar-refractivity contribution in [3.63, 3.8) is 0 Å². The third-order valence-electron chi connectivity index (χ3n) is 2.73. The minimum Gasteiger partial charge on any atom is -0.468 e. The molecule has 0 saturated heterocycles. The molecular formula is C11H21NO2S. The average molecular weight is 231 g/mol. The van der Waals surface area contributed by atoms with E-state index >= 15 is 0 Å². The number of esters is 1. The molecule has 0 aromatic rings. The molecule has 0 amide bonds. The number of thioether (sulfide) groups is 1. The Morgan fingerprint density at radius 1 is 1.53 bits per heavy atom. The number of hydrogen-bond acceptors (Lipinski definition) is 4. The summed E-state index contributed by atoms with van der Waals surface area (Å²) in [5.74, 6) is 0.395. The first-order valence-corrected chi connectivity index (χ1v) is 6.73. The van der Waals surface area contributed by atoms with E-state index in [1.807, 2.05) is 0 Å². The van der Waals surface area contributed by atoms with Crippen LogP contribution in [0.1, 0.15) is 32.6 Å². The van der Waals surface area contributed by atoms with Crippen LogP contribution in [0, 0.1) is 0 Å². The molecule has 2 atom stereocenters. The summed E-state index contributed by atoms with van der Waals surface area (Å²) in [6.45, 7) is 3.30. The maximum Gasteiger partial charge on any atom is 0.315 e. The highest BCUT2D eigenvalue weighted by Crippen LogP contribution is 2.29. The molecule has 1 aliphatic rings. The van der Waals surface area contributed by atoms with E-state index in [0.717, 1.165) is 6.54 Å². The first-order chi connectivity index (χ1) is 7.26. The van der Waals surface area contributed by atoms with Crippen LogP contribution in [-0.4, -0.2) is 36.7 Å². The molecule has 1 N–H and O–H groups in total. The lowest BCUT2D eigenvalue weighted by Gasteiger charge is -2.12. The number of rotatable bonds is 6. The molecule has 1 rings (SSSR count). The number of ether oxygens (including phenoxy) is 1. The van der Waals surface area contributed by atoms with Gasteiger partial charge in [-0.05, 0) is 32.2 Å². The van der Waals surface area contributed by atoms with Crippen molar-refractivity contribution in [2.75, 3.05) is 19.4 Å². The summed E-state index contributed by atoms with van der Waals surface area (Å²) in [6.07, 6.45) is 4.86. The molecule has 0 radical (unpaired) electrons. The van der Waals surface area contributed by atoms with Crippen molar-refractivity contribution < 1.29 is 9.53 Å². The van der Waals surface area contributed by atoms with E-state index in [4.69, 9.17) is 0 Å². The van der Waals surface area contributed by atoms with Crippen LogP contribution in [0.3, 0.4) is 0 Å². The molecule has 3 nitrogen and oxygen atoms in total. The molecule has 0 aromatic carbocycles. The molecule has 88 valence electrons. The van der Waals surface area contributed by atoms with Gasteiger partial charge < -0.3 is 10.1 Å². The Balaban J connectivity index is 2.10. The van der Waals surface area contributed by atoms with E-state index in [0.29, 0.717) is 17.0 Å². The van der Waals surface area contributed by atoms with E-state index in [2.05, 4.69) is 17.0 Å². The zero-order chi connectivity index (χ0) is 11.1. The minimum atomic E-state index is -0.107. The largest absolute Gasteiger partial charge is 0.468 e. The standard InChI is InChI=1S/C11H21NO2S/c1-3-6-12-9-4-5-10(7-9)15-8-11(13)14-2/h9-10,12H,3-8H2,1-2H3. The quantitative estimate of drug-likeness (QED) is 0.708. The van der Waals surface area contributed by atoms with Gasteiger partial charge in [0.25, 0.3) is 0 Å². The monoisotopic (exact) mass is 231 g/mol. The average Bonchev–Trinajstić information content (AvgIpc) is 2.71. The van der Waals surface area contributed by atoms with Gasteiger partial charge in [-0.2, -0.15) is 0 Å². The Morgan fingerprint density at radius 3 is 3.00 bits per heavy atom. The van der Waals surface area contributed by atoms with Crippen molar-refractivity contribution >= 4 is 17.7 Å². The van der Waals surface area contributed by atoms with Crippen molar-refractivity contribution in [1.82, 2.24) is 5.32 Å². The van der Waals surface area contributed by atoms with Gasteiger partial charge in [0.05, 0.1) is 12.9 Å². The maximum absolute atomic E-state index is 11.0. The van der Waals surface area contributed by atoms with Crippen molar-refractivity contribution in [1.29, 1.82) is 0 Å². The Labute approximate surface area is 96.3 Å². The molecule has 1 saturated carbocycles. The topological polar surface area (TPSA) is 38.3 Å². The van der Waals surface area contributed by atoms with Crippen LogP contribution < -0.4 is 5.32 Å². The van der Waals surface area contributed by atoms with E-state index in [1.54, 1.807) is 11.8 Å². The zero-order valence-corrected chi connectivity index (χ0v) is 10.4. The Hall–Kier alpha value is -0.220. The van der Waals surface area contributed by atoms with Crippen LogP contribution in [0.5, 0.6) is 0 Å². The summed E-state index contributed by atoms with van der Waals surface area (Å²) in [5, 5.41) is 4.17. The van der Waals surface area contributed by atoms with Gasteiger partial charge in [-0.25, -0.2) is 0 Å². The van der Waals surface area contributed by atoms with Crippen molar-refractivity contribution in [3.8, 4) is 0 Å². The highest BCUT2D eigenvalue weighted by atomic mass is 32.2. The molecular weight excluding hydrogens is 210 g/mol. The number of hydrogen-bond donors (Lipinski definition) is 1. The summed E-state index contributed by atoms with van der Waals surface area (Å²) in [4.78, 5) is 11.0. The van der Waals surface area contributed by atoms with Crippen LogP contribution >= 0.6 is 11.8 Å². The second-order valence-electron chi connectivity index (χ2n) is 3.97. The summed E-state index contributed by atoms with van der Waals surface area (Å²) < 4.78 is 4.63. The van der Waals surface area contributed by atoms with E-state index in [1.165, 1.54) is 32.8 Å². The van der Waals surface area contributed by atoms with Crippen LogP contribution in [0.2, 0.25) is 0 Å². The second kappa shape index (κ2) is 7.12. The molecule has 0 bridgehead atoms. The fraction of sp³-hybridized carbons (Fsp3) is 0.909. The first kappa shape index (κ1) is 12.8. The molecule has 1 aliphatic carbocycles. The molecule has 4 heteroatoms. The number of nitrogens with one attached hydrogen (secondary N) is 1. The summed E-state index contributed by atoms with van der Waals surface area (Å²) in [5.41, 5.74) is 0. The third-order valence-corrected chi connectivity index (χ3v) is 4.03. The summed E-state index contributed by atoms with van der Waals surface area (Å²) in [6, 6.07) is 0.667. The predicted octanol–water partition coefficient (Wildman–Crippen LogP) is 1.81. The molecule has 15 heavy (non-hydrogen) atoms. The van der Waals surface area contributed by atoms with Crippen molar-refractivity contribution in [3.05, 3.63) is 0 Å². The molecule has 0 aliphatic heterocycles. The third kappa shape index (κ3) is 4.89. The number of carbonyl (C=O) groups excluding carboxylic acids is 1. The minimum absolute atomic E-state index is 0.107. The van der Waals surface area contributed by atoms with Gasteiger partial charge in [0, 0.05) is 11.3 Å². The van der Waals surface area contributed by atoms with E-state index in [-0.39, 0.29) is 5.97 Å². The van der Waals surface area contributed by atoms with E-state index in [9.17, 15) is 4.79 Å². The van der Waals surface area contributed by atoms with Gasteiger partial charge in [-0.15, -0.1) is 11.8 Å². The number of carbonyl (C=O) groups is 1. The Morgan fingerprint density at radius 2 is 2.33 bits per heavy atom. The fourth-order valence-corrected chi connectivity index (χ4v) is 3.03.